The predicted octanol–water partition coefficient (Wildman–Crippen LogP) is 1.57. The molecule has 1 atom stereocenters. The molecule has 1 saturated carbocycles. The number of benzene rings is 1. The number of oxime groups is 1. The van der Waals surface area contributed by atoms with Crippen molar-refractivity contribution >= 4 is 17.6 Å². The second kappa shape index (κ2) is 13.5. The molecule has 2 heterocycles. The Morgan fingerprint density at radius 3 is 2.60 bits per heavy atom. The van der Waals surface area contributed by atoms with E-state index in [-0.39, 0.29) is 49.3 Å². The van der Waals surface area contributed by atoms with E-state index in [1.807, 2.05) is 0 Å². The first-order chi connectivity index (χ1) is 19.3. The highest BCUT2D eigenvalue weighted by Gasteiger charge is 2.34. The number of aromatic nitrogens is 2. The summed E-state index contributed by atoms with van der Waals surface area (Å²) in [5.41, 5.74) is 2.04. The number of urea groups is 1. The molecule has 0 spiro atoms. The van der Waals surface area contributed by atoms with Crippen molar-refractivity contribution in [3.05, 3.63) is 52.9 Å². The van der Waals surface area contributed by atoms with Crippen molar-refractivity contribution in [2.45, 2.75) is 63.8 Å². The third-order valence-corrected chi connectivity index (χ3v) is 7.14. The molecule has 1 unspecified atom stereocenters. The maximum atomic E-state index is 13.7. The van der Waals surface area contributed by atoms with Gasteiger partial charge in [-0.2, -0.15) is 0 Å². The molecule has 216 valence electrons. The fourth-order valence-electron chi connectivity index (χ4n) is 4.92. The smallest absolute Gasteiger partial charge is 0.315 e. The lowest BCUT2D eigenvalue weighted by Crippen LogP contribution is -2.49. The van der Waals surface area contributed by atoms with Crippen LogP contribution in [-0.2, 0) is 11.4 Å². The summed E-state index contributed by atoms with van der Waals surface area (Å²) in [5, 5.41) is 30.7. The summed E-state index contributed by atoms with van der Waals surface area (Å²) >= 11 is 0. The Bertz CT molecular complexity index is 1230. The van der Waals surface area contributed by atoms with E-state index in [1.54, 1.807) is 19.1 Å². The standard InChI is InChI=1S/C27H35FN6O6/c1-15-30-21(10-23(31-15)26(37)29-12-16-3-8-20(28)25(9-16)39-2)22-11-24(40-34-22)17-4-6-18(7-5-17)32-27(38)33-19(13-35)14-36/h3,8-10,17-19,24,35-36H,4-7,11-14H2,1-2H3,(H,29,37)(H2,32,33,38). The van der Waals surface area contributed by atoms with Crippen LogP contribution >= 0.6 is 0 Å². The van der Waals surface area contributed by atoms with Crippen LogP contribution in [-0.4, -0.2) is 76.3 Å². The van der Waals surface area contributed by atoms with E-state index in [2.05, 4.69) is 31.1 Å². The van der Waals surface area contributed by atoms with Gasteiger partial charge in [0.05, 0.1) is 32.1 Å². The van der Waals surface area contributed by atoms with Crippen LogP contribution in [0.4, 0.5) is 9.18 Å². The minimum Gasteiger partial charge on any atom is -0.494 e. The first-order valence-electron chi connectivity index (χ1n) is 13.3. The predicted molar refractivity (Wildman–Crippen MR) is 142 cm³/mol. The zero-order valence-corrected chi connectivity index (χ0v) is 22.5. The summed E-state index contributed by atoms with van der Waals surface area (Å²) < 4.78 is 18.6. The van der Waals surface area contributed by atoms with Crippen molar-refractivity contribution in [3.63, 3.8) is 0 Å². The number of aliphatic hydroxyl groups excluding tert-OH is 2. The molecule has 1 aromatic carbocycles. The second-order valence-corrected chi connectivity index (χ2v) is 10.0. The van der Waals surface area contributed by atoms with Crippen molar-refractivity contribution in [1.29, 1.82) is 0 Å². The number of methoxy groups -OCH3 is 1. The Kier molecular flexibility index (Phi) is 9.83. The highest BCUT2D eigenvalue weighted by atomic mass is 19.1. The van der Waals surface area contributed by atoms with Gasteiger partial charge in [-0.3, -0.25) is 4.79 Å². The molecule has 5 N–H and O–H groups in total. The van der Waals surface area contributed by atoms with Gasteiger partial charge in [0.15, 0.2) is 11.6 Å². The number of ether oxygens (including phenoxy) is 1. The number of amides is 3. The molecule has 3 amide bonds. The number of carbonyl (C=O) groups is 2. The molecule has 1 fully saturated rings. The van der Waals surface area contributed by atoms with Crippen LogP contribution in [0.2, 0.25) is 0 Å². The normalized spacial score (nSPS) is 20.4. The van der Waals surface area contributed by atoms with Crippen molar-refractivity contribution in [3.8, 4) is 5.75 Å². The van der Waals surface area contributed by atoms with Crippen LogP contribution < -0.4 is 20.7 Å². The van der Waals surface area contributed by atoms with Crippen molar-refractivity contribution in [1.82, 2.24) is 25.9 Å². The molecule has 13 heteroatoms. The maximum Gasteiger partial charge on any atom is 0.315 e. The van der Waals surface area contributed by atoms with Crippen molar-refractivity contribution in [2.24, 2.45) is 11.1 Å². The van der Waals surface area contributed by atoms with Crippen LogP contribution in [0.5, 0.6) is 5.75 Å². The number of nitrogens with zero attached hydrogens (tertiary/aromatic N) is 3. The van der Waals surface area contributed by atoms with Gasteiger partial charge in [-0.25, -0.2) is 19.2 Å². The van der Waals surface area contributed by atoms with Crippen LogP contribution in [0.15, 0.2) is 29.4 Å². The summed E-state index contributed by atoms with van der Waals surface area (Å²) in [7, 11) is 1.38. The number of hydrogen-bond acceptors (Lipinski definition) is 9. The van der Waals surface area contributed by atoms with Crippen LogP contribution in [0, 0.1) is 18.7 Å². The zero-order chi connectivity index (χ0) is 28.6. The molecule has 2 aliphatic rings. The molecular formula is C27H35FN6O6. The molecule has 1 aliphatic heterocycles. The second-order valence-electron chi connectivity index (χ2n) is 10.0. The fraction of sp³-hybridized carbons (Fsp3) is 0.519. The SMILES string of the molecule is COc1cc(CNC(=O)c2cc(C3=NOC(C4CCC(NC(=O)NC(CO)CO)CC4)C3)nc(C)n2)ccc1F. The molecular weight excluding hydrogens is 523 g/mol. The van der Waals surface area contributed by atoms with Gasteiger partial charge in [0.25, 0.3) is 5.91 Å². The summed E-state index contributed by atoms with van der Waals surface area (Å²) in [6, 6.07) is 4.88. The largest absolute Gasteiger partial charge is 0.494 e. The Morgan fingerprint density at radius 2 is 1.90 bits per heavy atom. The van der Waals surface area contributed by atoms with E-state index in [0.29, 0.717) is 29.2 Å². The van der Waals surface area contributed by atoms with Gasteiger partial charge in [0.1, 0.15) is 23.3 Å². The lowest BCUT2D eigenvalue weighted by molar-refractivity contribution is 0.0238. The van der Waals surface area contributed by atoms with Gasteiger partial charge in [-0.05, 0) is 62.3 Å². The Balaban J connectivity index is 1.29. The molecule has 0 saturated heterocycles. The van der Waals surface area contributed by atoms with Crippen LogP contribution in [0.3, 0.4) is 0 Å². The van der Waals surface area contributed by atoms with E-state index in [1.165, 1.54) is 19.2 Å². The third-order valence-electron chi connectivity index (χ3n) is 7.14. The lowest BCUT2D eigenvalue weighted by Gasteiger charge is -2.31. The summed E-state index contributed by atoms with van der Waals surface area (Å²) in [4.78, 5) is 39.4. The molecule has 4 rings (SSSR count). The highest BCUT2D eigenvalue weighted by molar-refractivity contribution is 6.01. The van der Waals surface area contributed by atoms with Gasteiger partial charge in [0.2, 0.25) is 0 Å². The van der Waals surface area contributed by atoms with Gasteiger partial charge >= 0.3 is 6.03 Å². The van der Waals surface area contributed by atoms with Crippen LogP contribution in [0.25, 0.3) is 0 Å². The molecule has 2 aromatic rings. The molecule has 1 aromatic heterocycles. The number of hydrogen-bond donors (Lipinski definition) is 5. The molecule has 1 aliphatic carbocycles. The number of carbonyl (C=O) groups excluding carboxylic acids is 2. The average molecular weight is 559 g/mol. The monoisotopic (exact) mass is 558 g/mol. The first kappa shape index (κ1) is 29.2. The number of rotatable bonds is 10. The molecule has 0 radical (unpaired) electrons. The van der Waals surface area contributed by atoms with E-state index in [9.17, 15) is 14.0 Å². The van der Waals surface area contributed by atoms with E-state index < -0.39 is 23.8 Å². The summed E-state index contributed by atoms with van der Waals surface area (Å²) in [6.07, 6.45) is 3.64. The van der Waals surface area contributed by atoms with E-state index >= 15 is 0 Å². The average Bonchev–Trinajstić information content (AvgIpc) is 3.46. The highest BCUT2D eigenvalue weighted by Crippen LogP contribution is 2.33. The summed E-state index contributed by atoms with van der Waals surface area (Å²) in [6.45, 7) is 1.21. The molecule has 0 bridgehead atoms. The molecule has 40 heavy (non-hydrogen) atoms. The summed E-state index contributed by atoms with van der Waals surface area (Å²) in [5.74, 6) is -0.0969. The minimum atomic E-state index is -0.685. The van der Waals surface area contributed by atoms with Gasteiger partial charge < -0.3 is 35.7 Å². The van der Waals surface area contributed by atoms with E-state index in [0.717, 1.165) is 25.7 Å². The maximum absolute atomic E-state index is 13.7. The number of aliphatic hydroxyl groups is 2. The van der Waals surface area contributed by atoms with Gasteiger partial charge in [0, 0.05) is 19.0 Å². The Morgan fingerprint density at radius 1 is 1.15 bits per heavy atom. The van der Waals surface area contributed by atoms with Crippen molar-refractivity contribution < 1.29 is 33.8 Å². The third kappa shape index (κ3) is 7.42. The number of aryl methyl sites for hydroxylation is 1. The first-order valence-corrected chi connectivity index (χ1v) is 13.3. The number of nitrogens with one attached hydrogen (secondary N) is 3. The topological polar surface area (TPSA) is 167 Å². The Labute approximate surface area is 231 Å². The van der Waals surface area contributed by atoms with Gasteiger partial charge in [-0.1, -0.05) is 11.2 Å². The number of halogens is 1. The quantitative estimate of drug-likeness (QED) is 0.293. The fourth-order valence-corrected chi connectivity index (χ4v) is 4.92. The van der Waals surface area contributed by atoms with Crippen LogP contribution in [0.1, 0.15) is 59.7 Å². The Hall–Kier alpha value is -3.84. The van der Waals surface area contributed by atoms with Crippen molar-refractivity contribution in [2.75, 3.05) is 20.3 Å². The zero-order valence-electron chi connectivity index (χ0n) is 22.5. The van der Waals surface area contributed by atoms with Gasteiger partial charge in [-0.15, -0.1) is 0 Å². The lowest BCUT2D eigenvalue weighted by atomic mass is 9.81. The molecule has 12 nitrogen and oxygen atoms in total. The van der Waals surface area contributed by atoms with E-state index in [4.69, 9.17) is 19.8 Å². The minimum absolute atomic E-state index is 0.00217.